The first-order valence-corrected chi connectivity index (χ1v) is 10.2. The Hall–Kier alpha value is -2.98. The average Bonchev–Trinajstić information content (AvgIpc) is 2.67. The number of carbonyl (C=O) groups is 2. The lowest BCUT2D eigenvalue weighted by atomic mass is 10.0. The number of nitrogens with one attached hydrogen (secondary N) is 2. The van der Waals surface area contributed by atoms with Crippen LogP contribution in [0.2, 0.25) is 0 Å². The van der Waals surface area contributed by atoms with Crippen LogP contribution in [-0.2, 0) is 21.4 Å². The third kappa shape index (κ3) is 5.75. The highest BCUT2D eigenvalue weighted by Crippen LogP contribution is 2.17. The first-order valence-electron chi connectivity index (χ1n) is 8.72. The van der Waals surface area contributed by atoms with E-state index in [4.69, 9.17) is 5.21 Å². The fraction of sp³-hybridized carbons (Fsp3) is 0.263. The summed E-state index contributed by atoms with van der Waals surface area (Å²) in [5.41, 5.74) is 2.17. The number of amides is 3. The second-order valence-electron chi connectivity index (χ2n) is 6.64. The van der Waals surface area contributed by atoms with Crippen molar-refractivity contribution in [1.82, 2.24) is 15.1 Å². The van der Waals surface area contributed by atoms with E-state index in [0.29, 0.717) is 5.56 Å². The Kier molecular flexibility index (Phi) is 7.29. The van der Waals surface area contributed by atoms with Crippen molar-refractivity contribution in [3.05, 3.63) is 66.0 Å². The monoisotopic (exact) mass is 423 g/mol. The molecule has 0 saturated heterocycles. The average molecular weight is 423 g/mol. The number of carbonyl (C=O) groups excluding carboxylic acids is 2. The summed E-state index contributed by atoms with van der Waals surface area (Å²) in [6.07, 6.45) is 0. The van der Waals surface area contributed by atoms with Gasteiger partial charge in [0.05, 0.1) is 4.90 Å². The van der Waals surface area contributed by atoms with Crippen LogP contribution in [0.25, 0.3) is 0 Å². The molecule has 156 valence electrons. The maximum Gasteiger partial charge on any atom is 0.332 e. The largest absolute Gasteiger partial charge is 0.332 e. The van der Waals surface area contributed by atoms with Gasteiger partial charge in [0.15, 0.2) is 0 Å². The molecule has 0 aromatic heterocycles. The highest BCUT2D eigenvalue weighted by Gasteiger charge is 2.34. The van der Waals surface area contributed by atoms with Gasteiger partial charge in [-0.2, -0.15) is 0 Å². The number of halogens is 1. The number of hydroxylamine groups is 1. The maximum atomic E-state index is 13.1. The number of rotatable bonds is 7. The van der Waals surface area contributed by atoms with Crippen molar-refractivity contribution < 1.29 is 27.6 Å². The topological polar surface area (TPSA) is 116 Å². The molecule has 2 aromatic carbocycles. The highest BCUT2D eigenvalue weighted by atomic mass is 32.2. The van der Waals surface area contributed by atoms with Gasteiger partial charge in [-0.1, -0.05) is 44.2 Å². The molecular weight excluding hydrogens is 401 g/mol. The van der Waals surface area contributed by atoms with E-state index in [1.54, 1.807) is 44.2 Å². The molecule has 0 radical (unpaired) electrons. The van der Waals surface area contributed by atoms with Gasteiger partial charge in [0.25, 0.3) is 15.9 Å². The van der Waals surface area contributed by atoms with Gasteiger partial charge < -0.3 is 4.90 Å². The van der Waals surface area contributed by atoms with Crippen LogP contribution in [-0.4, -0.2) is 36.5 Å². The summed E-state index contributed by atoms with van der Waals surface area (Å²) in [5, 5.41) is 9.08. The molecule has 3 amide bonds. The zero-order valence-corrected chi connectivity index (χ0v) is 16.7. The van der Waals surface area contributed by atoms with Crippen LogP contribution < -0.4 is 10.2 Å². The lowest BCUT2D eigenvalue weighted by Gasteiger charge is -2.32. The Bertz CT molecular complexity index is 950. The van der Waals surface area contributed by atoms with E-state index in [9.17, 15) is 22.4 Å². The van der Waals surface area contributed by atoms with E-state index in [1.807, 2.05) is 4.72 Å². The van der Waals surface area contributed by atoms with Crippen LogP contribution in [0.1, 0.15) is 19.4 Å². The Morgan fingerprint density at radius 3 is 2.17 bits per heavy atom. The van der Waals surface area contributed by atoms with Crippen LogP contribution in [0.5, 0.6) is 0 Å². The minimum absolute atomic E-state index is 0.0815. The maximum absolute atomic E-state index is 13.1. The molecule has 10 heteroatoms. The van der Waals surface area contributed by atoms with Crippen LogP contribution in [0.4, 0.5) is 9.18 Å². The minimum Gasteiger partial charge on any atom is -0.307 e. The fourth-order valence-corrected chi connectivity index (χ4v) is 3.75. The zero-order chi connectivity index (χ0) is 21.6. The third-order valence-electron chi connectivity index (χ3n) is 4.15. The SMILES string of the molecule is CC(C)[C@@H](C(=O)NO)N(Cc1ccccc1)C(=O)NS(=O)(=O)c1ccc(F)cc1. The second kappa shape index (κ2) is 9.48. The van der Waals surface area contributed by atoms with Crippen molar-refractivity contribution in [3.63, 3.8) is 0 Å². The predicted octanol–water partition coefficient (Wildman–Crippen LogP) is 2.26. The molecule has 0 bridgehead atoms. The molecule has 2 aromatic rings. The van der Waals surface area contributed by atoms with Gasteiger partial charge in [-0.3, -0.25) is 10.0 Å². The smallest absolute Gasteiger partial charge is 0.307 e. The Balaban J connectivity index is 2.37. The van der Waals surface area contributed by atoms with Gasteiger partial charge in [-0.25, -0.2) is 27.8 Å². The van der Waals surface area contributed by atoms with Crippen molar-refractivity contribution in [2.24, 2.45) is 5.92 Å². The molecule has 0 fully saturated rings. The molecule has 0 unspecified atom stereocenters. The van der Waals surface area contributed by atoms with E-state index in [-0.39, 0.29) is 11.4 Å². The van der Waals surface area contributed by atoms with Crippen molar-refractivity contribution in [2.45, 2.75) is 31.3 Å². The molecule has 0 saturated carbocycles. The van der Waals surface area contributed by atoms with Crippen molar-refractivity contribution in [1.29, 1.82) is 0 Å². The number of benzene rings is 2. The molecule has 0 aliphatic carbocycles. The molecular formula is C19H22FN3O5S. The summed E-state index contributed by atoms with van der Waals surface area (Å²) < 4.78 is 40.0. The summed E-state index contributed by atoms with van der Waals surface area (Å²) in [6.45, 7) is 3.22. The van der Waals surface area contributed by atoms with Gasteiger partial charge in [-0.05, 0) is 35.7 Å². The summed E-state index contributed by atoms with van der Waals surface area (Å²) in [6, 6.07) is 10.4. The molecule has 0 aliphatic heterocycles. The first kappa shape index (κ1) is 22.3. The Morgan fingerprint density at radius 1 is 1.07 bits per heavy atom. The molecule has 0 heterocycles. The van der Waals surface area contributed by atoms with Gasteiger partial charge >= 0.3 is 6.03 Å². The van der Waals surface area contributed by atoms with Gasteiger partial charge in [-0.15, -0.1) is 0 Å². The summed E-state index contributed by atoms with van der Waals surface area (Å²) >= 11 is 0. The number of nitrogens with zero attached hydrogens (tertiary/aromatic N) is 1. The lowest BCUT2D eigenvalue weighted by molar-refractivity contribution is -0.135. The van der Waals surface area contributed by atoms with E-state index in [1.165, 1.54) is 5.48 Å². The Morgan fingerprint density at radius 2 is 1.66 bits per heavy atom. The lowest BCUT2D eigenvalue weighted by Crippen LogP contribution is -2.55. The molecule has 8 nitrogen and oxygen atoms in total. The molecule has 1 atom stereocenters. The first-order chi connectivity index (χ1) is 13.7. The van der Waals surface area contributed by atoms with Gasteiger partial charge in [0.2, 0.25) is 0 Å². The normalized spacial score (nSPS) is 12.3. The van der Waals surface area contributed by atoms with Crippen molar-refractivity contribution in [3.8, 4) is 0 Å². The van der Waals surface area contributed by atoms with Crippen molar-refractivity contribution >= 4 is 22.0 Å². The van der Waals surface area contributed by atoms with E-state index < -0.39 is 39.7 Å². The number of hydrogen-bond donors (Lipinski definition) is 3. The second-order valence-corrected chi connectivity index (χ2v) is 8.33. The molecule has 29 heavy (non-hydrogen) atoms. The summed E-state index contributed by atoms with van der Waals surface area (Å²) in [5.74, 6) is -1.92. The number of urea groups is 1. The quantitative estimate of drug-likeness (QED) is 0.467. The van der Waals surface area contributed by atoms with Gasteiger partial charge in [0, 0.05) is 6.54 Å². The summed E-state index contributed by atoms with van der Waals surface area (Å²) in [4.78, 5) is 25.8. The number of sulfonamides is 1. The molecule has 3 N–H and O–H groups in total. The van der Waals surface area contributed by atoms with Gasteiger partial charge in [0.1, 0.15) is 11.9 Å². The zero-order valence-electron chi connectivity index (χ0n) is 15.9. The molecule has 0 spiro atoms. The standard InChI is InChI=1S/C19H22FN3O5S/c1-13(2)17(18(24)21-26)23(12-14-6-4-3-5-7-14)19(25)22-29(27,28)16-10-8-15(20)9-11-16/h3-11,13,17,26H,12H2,1-2H3,(H,21,24)(H,22,25)/t17-/m0/s1. The summed E-state index contributed by atoms with van der Waals surface area (Å²) in [7, 11) is -4.31. The molecule has 0 aliphatic rings. The minimum atomic E-state index is -4.31. The Labute approximate surface area is 168 Å². The molecule has 2 rings (SSSR count). The van der Waals surface area contributed by atoms with Crippen LogP contribution in [0.3, 0.4) is 0 Å². The van der Waals surface area contributed by atoms with E-state index >= 15 is 0 Å². The van der Waals surface area contributed by atoms with E-state index in [0.717, 1.165) is 29.2 Å². The predicted molar refractivity (Wildman–Crippen MR) is 103 cm³/mol. The van der Waals surface area contributed by atoms with Crippen LogP contribution >= 0.6 is 0 Å². The highest BCUT2D eigenvalue weighted by molar-refractivity contribution is 7.90. The van der Waals surface area contributed by atoms with Crippen molar-refractivity contribution in [2.75, 3.05) is 0 Å². The number of hydrogen-bond acceptors (Lipinski definition) is 5. The van der Waals surface area contributed by atoms with E-state index in [2.05, 4.69) is 0 Å². The van der Waals surface area contributed by atoms with Crippen LogP contribution in [0, 0.1) is 11.7 Å². The third-order valence-corrected chi connectivity index (χ3v) is 5.48. The van der Waals surface area contributed by atoms with Crippen LogP contribution in [0.15, 0.2) is 59.5 Å². The fourth-order valence-electron chi connectivity index (χ4n) is 2.79.